The molecule has 1 aromatic rings. The van der Waals surface area contributed by atoms with Gasteiger partial charge in [0, 0.05) is 5.56 Å². The second-order valence-corrected chi connectivity index (χ2v) is 7.10. The fraction of sp³-hybridized carbons (Fsp3) is 0.333. The topological polar surface area (TPSA) is 115 Å². The van der Waals surface area contributed by atoms with Gasteiger partial charge >= 0.3 is 11.7 Å². The van der Waals surface area contributed by atoms with Crippen molar-refractivity contribution in [2.24, 2.45) is 10.7 Å². The molecule has 0 saturated heterocycles. The van der Waals surface area contributed by atoms with E-state index in [0.717, 1.165) is 0 Å². The first-order valence-corrected chi connectivity index (χ1v) is 8.68. The van der Waals surface area contributed by atoms with E-state index in [1.807, 2.05) is 0 Å². The normalized spacial score (nSPS) is 18.8. The highest BCUT2D eigenvalue weighted by atomic mass is 35.5. The number of halogens is 7. The molecule has 1 heterocycles. The van der Waals surface area contributed by atoms with Gasteiger partial charge in [0.15, 0.2) is 0 Å². The number of anilines is 1. The van der Waals surface area contributed by atoms with Gasteiger partial charge in [-0.2, -0.15) is 31.6 Å². The Morgan fingerprint density at radius 2 is 1.97 bits per heavy atom. The molecule has 1 aromatic carbocycles. The number of aliphatic hydroxyl groups excluding tert-OH is 2. The summed E-state index contributed by atoms with van der Waals surface area (Å²) in [6.07, 6.45) is -6.58. The Balaban J connectivity index is 2.69. The maximum absolute atomic E-state index is 13.1. The molecule has 0 spiro atoms. The summed E-state index contributed by atoms with van der Waals surface area (Å²) in [4.78, 5) is 2.91. The Kier molecular flexibility index (Phi) is 6.63. The molecule has 1 aliphatic heterocycles. The Labute approximate surface area is 168 Å². The molecule has 0 aliphatic carbocycles. The first-order valence-electron chi connectivity index (χ1n) is 7.48. The van der Waals surface area contributed by atoms with Gasteiger partial charge in [0.2, 0.25) is 0 Å². The highest BCUT2D eigenvalue weighted by molar-refractivity contribution is 8.04. The number of nitrogens with one attached hydrogen (secondary N) is 1. The first-order chi connectivity index (χ1) is 13.3. The molecule has 0 aromatic heterocycles. The lowest BCUT2D eigenvalue weighted by atomic mass is 9.96. The molecule has 0 radical (unpaired) electrons. The number of amidine groups is 1. The lowest BCUT2D eigenvalue weighted by molar-refractivity contribution is -0.137. The van der Waals surface area contributed by atoms with Crippen LogP contribution in [0.25, 0.3) is 0 Å². The minimum absolute atomic E-state index is 0.270. The van der Waals surface area contributed by atoms with Crippen LogP contribution in [-0.2, 0) is 6.18 Å². The zero-order valence-electron chi connectivity index (χ0n) is 13.9. The summed E-state index contributed by atoms with van der Waals surface area (Å²) in [6, 6.07) is 0.860. The predicted octanol–water partition coefficient (Wildman–Crippen LogP) is 3.52. The van der Waals surface area contributed by atoms with Crippen molar-refractivity contribution < 1.29 is 36.6 Å². The molecule has 0 fully saturated rings. The minimum atomic E-state index is -4.88. The van der Waals surface area contributed by atoms with Crippen LogP contribution in [0.3, 0.4) is 0 Å². The van der Waals surface area contributed by atoms with Crippen LogP contribution >= 0.6 is 23.4 Å². The molecule has 14 heteroatoms. The highest BCUT2D eigenvalue weighted by Crippen LogP contribution is 2.45. The zero-order chi connectivity index (χ0) is 22.1. The third kappa shape index (κ3) is 5.27. The number of hydrogen-bond donors (Lipinski definition) is 4. The quantitative estimate of drug-likeness (QED) is 0.404. The summed E-state index contributed by atoms with van der Waals surface area (Å²) in [5.41, 5.74) is -2.18. The Bertz CT molecular complexity index is 910. The summed E-state index contributed by atoms with van der Waals surface area (Å²) < 4.78 is 77.9. The number of thioether (sulfide) groups is 1. The van der Waals surface area contributed by atoms with Crippen LogP contribution in [-0.4, -0.2) is 34.3 Å². The third-order valence-electron chi connectivity index (χ3n) is 3.63. The molecule has 1 aliphatic rings. The van der Waals surface area contributed by atoms with Gasteiger partial charge in [-0.05, 0) is 23.9 Å². The van der Waals surface area contributed by atoms with Gasteiger partial charge in [0.1, 0.15) is 29.7 Å². The number of nitriles is 1. The maximum Gasteiger partial charge on any atom is 0.446 e. The van der Waals surface area contributed by atoms with E-state index >= 15 is 0 Å². The van der Waals surface area contributed by atoms with Crippen molar-refractivity contribution in [3.05, 3.63) is 38.9 Å². The lowest BCUT2D eigenvalue weighted by Gasteiger charge is -2.30. The van der Waals surface area contributed by atoms with E-state index in [9.17, 15) is 36.6 Å². The van der Waals surface area contributed by atoms with E-state index in [0.29, 0.717) is 12.1 Å². The number of nitrogens with zero attached hydrogens (tertiary/aromatic N) is 2. The molecule has 158 valence electrons. The van der Waals surface area contributed by atoms with Crippen LogP contribution in [0.2, 0.25) is 5.02 Å². The second kappa shape index (κ2) is 8.31. The van der Waals surface area contributed by atoms with E-state index in [1.165, 1.54) is 6.07 Å². The van der Waals surface area contributed by atoms with Crippen LogP contribution in [0.1, 0.15) is 17.2 Å². The molecule has 29 heavy (non-hydrogen) atoms. The number of benzene rings is 1. The van der Waals surface area contributed by atoms with Gasteiger partial charge in [-0.1, -0.05) is 11.6 Å². The summed E-state index contributed by atoms with van der Waals surface area (Å²) in [7, 11) is 0. The van der Waals surface area contributed by atoms with Crippen molar-refractivity contribution in [1.82, 2.24) is 0 Å². The number of aliphatic hydroxyl groups is 2. The standard InChI is InChI=1S/C15H11ClF6N4O2S/c16-7-2-5(14(17,18)19)1-6-10(7)25-13(26-11(6)9(28)4-27)12(8(24)3-23)29-15(20,21)22/h1-2,9,11,27-28H,4,24H2,(H,25,26). The second-order valence-electron chi connectivity index (χ2n) is 5.62. The summed E-state index contributed by atoms with van der Waals surface area (Å²) >= 11 is 5.10. The molecule has 0 amide bonds. The number of fused-ring (bicyclic) bond motifs is 1. The largest absolute Gasteiger partial charge is 0.446 e. The van der Waals surface area contributed by atoms with Crippen LogP contribution in [0.5, 0.6) is 0 Å². The van der Waals surface area contributed by atoms with Gasteiger partial charge in [-0.15, -0.1) is 0 Å². The molecular weight excluding hydrogens is 450 g/mol. The molecule has 0 saturated carbocycles. The lowest BCUT2D eigenvalue weighted by Crippen LogP contribution is -2.31. The SMILES string of the molecule is N#CC(N)=C(SC(F)(F)F)C1=NC(C(O)CO)c2cc(C(F)(F)F)cc(Cl)c2N1. The van der Waals surface area contributed by atoms with Crippen molar-refractivity contribution in [1.29, 1.82) is 5.26 Å². The average Bonchev–Trinajstić information content (AvgIpc) is 2.62. The van der Waals surface area contributed by atoms with E-state index < -0.39 is 69.2 Å². The number of alkyl halides is 6. The van der Waals surface area contributed by atoms with Crippen LogP contribution < -0.4 is 11.1 Å². The molecule has 5 N–H and O–H groups in total. The Morgan fingerprint density at radius 1 is 1.34 bits per heavy atom. The van der Waals surface area contributed by atoms with Crippen molar-refractivity contribution in [2.75, 3.05) is 11.9 Å². The maximum atomic E-state index is 13.1. The van der Waals surface area contributed by atoms with E-state index in [2.05, 4.69) is 10.3 Å². The van der Waals surface area contributed by atoms with Crippen LogP contribution in [0.4, 0.5) is 32.0 Å². The van der Waals surface area contributed by atoms with E-state index in [4.69, 9.17) is 22.6 Å². The zero-order valence-corrected chi connectivity index (χ0v) is 15.5. The van der Waals surface area contributed by atoms with Crippen molar-refractivity contribution in [3.63, 3.8) is 0 Å². The van der Waals surface area contributed by atoms with Crippen LogP contribution in [0, 0.1) is 11.3 Å². The number of aliphatic imine (C=N–C) groups is 1. The van der Waals surface area contributed by atoms with Gasteiger partial charge in [0.25, 0.3) is 0 Å². The average molecular weight is 461 g/mol. The van der Waals surface area contributed by atoms with Crippen molar-refractivity contribution >= 4 is 34.9 Å². The van der Waals surface area contributed by atoms with Crippen LogP contribution in [0.15, 0.2) is 27.7 Å². The van der Waals surface area contributed by atoms with Crippen molar-refractivity contribution in [2.45, 2.75) is 23.8 Å². The predicted molar refractivity (Wildman–Crippen MR) is 93.8 cm³/mol. The van der Waals surface area contributed by atoms with Gasteiger partial charge < -0.3 is 21.3 Å². The Hall–Kier alpha value is -2.14. The summed E-state index contributed by atoms with van der Waals surface area (Å²) in [6.45, 7) is -0.964. The van der Waals surface area contributed by atoms with Gasteiger partial charge in [0.05, 0.1) is 27.8 Å². The molecule has 2 atom stereocenters. The number of hydrogen-bond acceptors (Lipinski definition) is 7. The van der Waals surface area contributed by atoms with Crippen molar-refractivity contribution in [3.8, 4) is 6.07 Å². The van der Waals surface area contributed by atoms with E-state index in [-0.39, 0.29) is 11.3 Å². The fourth-order valence-electron chi connectivity index (χ4n) is 2.42. The smallest absolute Gasteiger partial charge is 0.394 e. The molecule has 2 unspecified atom stereocenters. The number of allylic oxidation sites excluding steroid dienone is 1. The van der Waals surface area contributed by atoms with Gasteiger partial charge in [-0.3, -0.25) is 4.99 Å². The monoisotopic (exact) mass is 460 g/mol. The minimum Gasteiger partial charge on any atom is -0.394 e. The molecule has 6 nitrogen and oxygen atoms in total. The fourth-order valence-corrected chi connectivity index (χ4v) is 3.28. The summed E-state index contributed by atoms with van der Waals surface area (Å²) in [5.74, 6) is -0.641. The summed E-state index contributed by atoms with van der Waals surface area (Å²) in [5, 5.41) is 29.9. The first kappa shape index (κ1) is 23.1. The van der Waals surface area contributed by atoms with E-state index in [1.54, 1.807) is 0 Å². The highest BCUT2D eigenvalue weighted by Gasteiger charge is 2.39. The number of nitrogens with two attached hydrogens (primary N) is 1. The molecular formula is C15H11ClF6N4O2S. The van der Waals surface area contributed by atoms with Gasteiger partial charge in [-0.25, -0.2) is 0 Å². The Morgan fingerprint density at radius 3 is 2.45 bits per heavy atom. The third-order valence-corrected chi connectivity index (χ3v) is 4.77. The number of rotatable bonds is 4. The molecule has 0 bridgehead atoms. The molecule has 2 rings (SSSR count).